The molecular weight excluding hydrogens is 220 g/mol. The summed E-state index contributed by atoms with van der Waals surface area (Å²) in [6.45, 7) is 4.18. The average molecular weight is 240 g/mol. The summed E-state index contributed by atoms with van der Waals surface area (Å²) in [4.78, 5) is 11.5. The Morgan fingerprint density at radius 3 is 2.71 bits per heavy atom. The summed E-state index contributed by atoms with van der Waals surface area (Å²) in [6, 6.07) is 3.29. The number of amides is 2. The maximum absolute atomic E-state index is 11.5. The molecule has 96 valence electrons. The Balaban J connectivity index is 2.28. The van der Waals surface area contributed by atoms with Crippen LogP contribution in [0.4, 0.5) is 4.79 Å². The number of aliphatic hydroxyl groups excluding tert-OH is 1. The summed E-state index contributed by atoms with van der Waals surface area (Å²) in [7, 11) is 0. The van der Waals surface area contributed by atoms with Crippen LogP contribution in [0.15, 0.2) is 22.8 Å². The van der Waals surface area contributed by atoms with Crippen molar-refractivity contribution in [3.05, 3.63) is 24.2 Å². The highest BCUT2D eigenvalue weighted by atomic mass is 16.4. The van der Waals surface area contributed by atoms with Crippen LogP contribution in [0.25, 0.3) is 0 Å². The third-order valence-electron chi connectivity index (χ3n) is 2.65. The summed E-state index contributed by atoms with van der Waals surface area (Å²) < 4.78 is 5.03. The van der Waals surface area contributed by atoms with Crippen LogP contribution < -0.4 is 10.6 Å². The lowest BCUT2D eigenvalue weighted by molar-refractivity contribution is 0.147. The van der Waals surface area contributed by atoms with Crippen LogP contribution in [0.1, 0.15) is 38.6 Å². The summed E-state index contributed by atoms with van der Waals surface area (Å²) in [5, 5.41) is 15.1. The van der Waals surface area contributed by atoms with Gasteiger partial charge < -0.3 is 20.2 Å². The summed E-state index contributed by atoms with van der Waals surface area (Å²) in [5.41, 5.74) is 0. The first-order valence-corrected chi connectivity index (χ1v) is 5.93. The molecule has 0 aliphatic rings. The molecule has 1 heterocycles. The van der Waals surface area contributed by atoms with E-state index in [9.17, 15) is 9.90 Å². The maximum Gasteiger partial charge on any atom is 0.315 e. The SMILES string of the molecule is CCC(CC)NC(=O)NCC(O)c1ccco1. The number of hydrogen-bond acceptors (Lipinski definition) is 3. The molecule has 0 bridgehead atoms. The number of carbonyl (C=O) groups excluding carboxylic acids is 1. The molecule has 1 unspecified atom stereocenters. The van der Waals surface area contributed by atoms with Crippen molar-refractivity contribution in [1.29, 1.82) is 0 Å². The molecular formula is C12H20N2O3. The summed E-state index contributed by atoms with van der Waals surface area (Å²) in [6.07, 6.45) is 2.47. The van der Waals surface area contributed by atoms with Crippen molar-refractivity contribution in [2.75, 3.05) is 6.54 Å². The lowest BCUT2D eigenvalue weighted by atomic mass is 10.2. The zero-order valence-corrected chi connectivity index (χ0v) is 10.3. The number of nitrogens with one attached hydrogen (secondary N) is 2. The number of carbonyl (C=O) groups is 1. The molecule has 5 nitrogen and oxygen atoms in total. The van der Waals surface area contributed by atoms with Gasteiger partial charge >= 0.3 is 6.03 Å². The van der Waals surface area contributed by atoms with E-state index in [1.54, 1.807) is 12.1 Å². The molecule has 0 aliphatic carbocycles. The molecule has 1 rings (SSSR count). The lowest BCUT2D eigenvalue weighted by Gasteiger charge is -2.16. The van der Waals surface area contributed by atoms with Crippen LogP contribution in [0, 0.1) is 0 Å². The van der Waals surface area contributed by atoms with E-state index in [1.165, 1.54) is 6.26 Å². The van der Waals surface area contributed by atoms with Gasteiger partial charge in [-0.2, -0.15) is 0 Å². The molecule has 0 aliphatic heterocycles. The Labute approximate surface area is 101 Å². The van der Waals surface area contributed by atoms with E-state index in [-0.39, 0.29) is 18.6 Å². The van der Waals surface area contributed by atoms with E-state index in [0.717, 1.165) is 12.8 Å². The average Bonchev–Trinajstić information content (AvgIpc) is 2.86. The highest BCUT2D eigenvalue weighted by Crippen LogP contribution is 2.11. The van der Waals surface area contributed by atoms with Crippen molar-refractivity contribution in [3.8, 4) is 0 Å². The molecule has 0 saturated carbocycles. The first-order valence-electron chi connectivity index (χ1n) is 5.93. The number of aliphatic hydroxyl groups is 1. The third-order valence-corrected chi connectivity index (χ3v) is 2.65. The smallest absolute Gasteiger partial charge is 0.315 e. The molecule has 0 fully saturated rings. The van der Waals surface area contributed by atoms with Crippen LogP contribution >= 0.6 is 0 Å². The number of rotatable bonds is 6. The van der Waals surface area contributed by atoms with Gasteiger partial charge in [0, 0.05) is 6.04 Å². The Kier molecular flexibility index (Phi) is 5.56. The van der Waals surface area contributed by atoms with Gasteiger partial charge in [-0.1, -0.05) is 13.8 Å². The topological polar surface area (TPSA) is 74.5 Å². The van der Waals surface area contributed by atoms with Crippen LogP contribution in [0.5, 0.6) is 0 Å². The molecule has 0 aromatic carbocycles. The second-order valence-electron chi connectivity index (χ2n) is 3.90. The molecule has 5 heteroatoms. The van der Waals surface area contributed by atoms with E-state index in [0.29, 0.717) is 5.76 Å². The van der Waals surface area contributed by atoms with E-state index < -0.39 is 6.10 Å². The van der Waals surface area contributed by atoms with Gasteiger partial charge in [0.15, 0.2) is 0 Å². The molecule has 1 atom stereocenters. The molecule has 0 spiro atoms. The van der Waals surface area contributed by atoms with Crippen LogP contribution in [-0.4, -0.2) is 23.7 Å². The molecule has 17 heavy (non-hydrogen) atoms. The molecule has 3 N–H and O–H groups in total. The van der Waals surface area contributed by atoms with Gasteiger partial charge in [-0.25, -0.2) is 4.79 Å². The fraction of sp³-hybridized carbons (Fsp3) is 0.583. The molecule has 1 aromatic heterocycles. The second-order valence-corrected chi connectivity index (χ2v) is 3.90. The van der Waals surface area contributed by atoms with Crippen molar-refractivity contribution in [2.24, 2.45) is 0 Å². The second kappa shape index (κ2) is 6.96. The summed E-state index contributed by atoms with van der Waals surface area (Å²) >= 11 is 0. The van der Waals surface area contributed by atoms with Gasteiger partial charge in [0.25, 0.3) is 0 Å². The minimum absolute atomic E-state index is 0.138. The zero-order valence-electron chi connectivity index (χ0n) is 10.3. The first-order chi connectivity index (χ1) is 8.17. The molecule has 0 saturated heterocycles. The minimum Gasteiger partial charge on any atom is -0.467 e. The Morgan fingerprint density at radius 1 is 1.47 bits per heavy atom. The third kappa shape index (κ3) is 4.48. The molecule has 1 aromatic rings. The monoisotopic (exact) mass is 240 g/mol. The summed E-state index contributed by atoms with van der Waals surface area (Å²) in [5.74, 6) is 0.452. The van der Waals surface area contributed by atoms with E-state index in [1.807, 2.05) is 13.8 Å². The minimum atomic E-state index is -0.808. The first kappa shape index (κ1) is 13.6. The van der Waals surface area contributed by atoms with E-state index >= 15 is 0 Å². The largest absolute Gasteiger partial charge is 0.467 e. The van der Waals surface area contributed by atoms with Crippen molar-refractivity contribution in [1.82, 2.24) is 10.6 Å². The number of hydrogen-bond donors (Lipinski definition) is 3. The van der Waals surface area contributed by atoms with Gasteiger partial charge in [0.05, 0.1) is 12.8 Å². The van der Waals surface area contributed by atoms with Crippen molar-refractivity contribution < 1.29 is 14.3 Å². The van der Waals surface area contributed by atoms with E-state index in [2.05, 4.69) is 10.6 Å². The normalized spacial score (nSPS) is 12.5. The van der Waals surface area contributed by atoms with Crippen LogP contribution in [0.2, 0.25) is 0 Å². The fourth-order valence-electron chi connectivity index (χ4n) is 1.50. The van der Waals surface area contributed by atoms with Crippen molar-refractivity contribution in [2.45, 2.75) is 38.8 Å². The number of furan rings is 1. The predicted octanol–water partition coefficient (Wildman–Crippen LogP) is 1.80. The molecule has 0 radical (unpaired) electrons. The van der Waals surface area contributed by atoms with Crippen LogP contribution in [-0.2, 0) is 0 Å². The maximum atomic E-state index is 11.5. The van der Waals surface area contributed by atoms with Gasteiger partial charge in [-0.15, -0.1) is 0 Å². The Bertz CT molecular complexity index is 321. The Hall–Kier alpha value is -1.49. The fourth-order valence-corrected chi connectivity index (χ4v) is 1.50. The highest BCUT2D eigenvalue weighted by Gasteiger charge is 2.13. The predicted molar refractivity (Wildman–Crippen MR) is 64.6 cm³/mol. The van der Waals surface area contributed by atoms with Gasteiger partial charge in [-0.3, -0.25) is 0 Å². The zero-order chi connectivity index (χ0) is 12.7. The Morgan fingerprint density at radius 2 is 2.18 bits per heavy atom. The lowest BCUT2D eigenvalue weighted by Crippen LogP contribution is -2.42. The van der Waals surface area contributed by atoms with Crippen LogP contribution in [0.3, 0.4) is 0 Å². The molecule has 2 amide bonds. The quantitative estimate of drug-likeness (QED) is 0.709. The van der Waals surface area contributed by atoms with E-state index in [4.69, 9.17) is 4.42 Å². The number of urea groups is 1. The van der Waals surface area contributed by atoms with Gasteiger partial charge in [0.1, 0.15) is 11.9 Å². The van der Waals surface area contributed by atoms with Crippen molar-refractivity contribution in [3.63, 3.8) is 0 Å². The van der Waals surface area contributed by atoms with Crippen molar-refractivity contribution >= 4 is 6.03 Å². The van der Waals surface area contributed by atoms with Gasteiger partial charge in [-0.05, 0) is 25.0 Å². The van der Waals surface area contributed by atoms with Gasteiger partial charge in [0.2, 0.25) is 0 Å². The highest BCUT2D eigenvalue weighted by molar-refractivity contribution is 5.74. The standard InChI is InChI=1S/C12H20N2O3/c1-3-9(4-2)14-12(16)13-8-10(15)11-6-5-7-17-11/h5-7,9-10,15H,3-4,8H2,1-2H3,(H2,13,14,16).